The third-order valence-corrected chi connectivity index (χ3v) is 6.21. The maximum Gasteiger partial charge on any atom is 1.00 e. The molecule has 4 nitrogen and oxygen atoms in total. The standard InChI is InChI=1S/C20H42O4S.Na/c1-3-5-7-9-10-11-13-15-17-20(25(22,23)24)18-19(21)16-14-12-8-6-4-2;/h19-21H,3-18H2,1-2H3,(H,22,23,24);/q;+1/p-1. The van der Waals surface area contributed by atoms with Gasteiger partial charge in [0, 0.05) is 0 Å². The zero-order valence-electron chi connectivity index (χ0n) is 17.5. The molecule has 0 aromatic carbocycles. The Kier molecular flexibility index (Phi) is 21.5. The smallest absolute Gasteiger partial charge is 0.748 e. The number of hydrogen-bond acceptors (Lipinski definition) is 4. The maximum atomic E-state index is 11.5. The molecule has 0 amide bonds. The molecule has 0 aliphatic heterocycles. The van der Waals surface area contributed by atoms with Gasteiger partial charge in [-0.1, -0.05) is 97.3 Å². The molecule has 0 aliphatic carbocycles. The van der Waals surface area contributed by atoms with Gasteiger partial charge < -0.3 is 9.66 Å². The van der Waals surface area contributed by atoms with E-state index >= 15 is 0 Å². The number of rotatable bonds is 18. The Bertz CT molecular complexity index is 387. The molecule has 0 fully saturated rings. The first kappa shape index (κ1) is 29.1. The summed E-state index contributed by atoms with van der Waals surface area (Å²) >= 11 is 0. The van der Waals surface area contributed by atoms with Crippen LogP contribution in [0.5, 0.6) is 0 Å². The maximum absolute atomic E-state index is 11.5. The Morgan fingerprint density at radius 3 is 1.54 bits per heavy atom. The van der Waals surface area contributed by atoms with Gasteiger partial charge in [0.1, 0.15) is 0 Å². The van der Waals surface area contributed by atoms with Crippen LogP contribution in [-0.2, 0) is 10.1 Å². The van der Waals surface area contributed by atoms with E-state index in [2.05, 4.69) is 13.8 Å². The molecule has 0 heterocycles. The molecule has 0 spiro atoms. The molecule has 0 saturated carbocycles. The van der Waals surface area contributed by atoms with E-state index in [4.69, 9.17) is 0 Å². The molecule has 0 aromatic heterocycles. The van der Waals surface area contributed by atoms with Gasteiger partial charge in [0.05, 0.1) is 21.5 Å². The third kappa shape index (κ3) is 18.2. The quantitative estimate of drug-likeness (QED) is 0.218. The molecule has 0 radical (unpaired) electrons. The fraction of sp³-hybridized carbons (Fsp3) is 1.00. The van der Waals surface area contributed by atoms with E-state index in [1.807, 2.05) is 0 Å². The second kappa shape index (κ2) is 19.2. The van der Waals surface area contributed by atoms with Crippen LogP contribution < -0.4 is 29.6 Å². The van der Waals surface area contributed by atoms with E-state index in [1.165, 1.54) is 44.9 Å². The van der Waals surface area contributed by atoms with Crippen LogP contribution in [0.3, 0.4) is 0 Å². The Morgan fingerprint density at radius 1 is 0.731 bits per heavy atom. The van der Waals surface area contributed by atoms with Crippen LogP contribution in [0.25, 0.3) is 0 Å². The first-order valence-corrected chi connectivity index (χ1v) is 12.0. The van der Waals surface area contributed by atoms with Crippen molar-refractivity contribution in [2.45, 2.75) is 128 Å². The molecule has 1 N–H and O–H groups in total. The molecular weight excluding hydrogens is 359 g/mol. The summed E-state index contributed by atoms with van der Waals surface area (Å²) in [6, 6.07) is 0. The Hall–Kier alpha value is 0.870. The first-order valence-electron chi connectivity index (χ1n) is 10.5. The van der Waals surface area contributed by atoms with Gasteiger partial charge in [-0.05, 0) is 19.3 Å². The van der Waals surface area contributed by atoms with Crippen LogP contribution in [0.4, 0.5) is 0 Å². The van der Waals surface area contributed by atoms with Crippen molar-refractivity contribution >= 4 is 10.1 Å². The molecule has 26 heavy (non-hydrogen) atoms. The van der Waals surface area contributed by atoms with Crippen LogP contribution in [0, 0.1) is 0 Å². The Labute approximate surface area is 185 Å². The molecule has 152 valence electrons. The van der Waals surface area contributed by atoms with Gasteiger partial charge in [0.15, 0.2) is 0 Å². The van der Waals surface area contributed by atoms with Gasteiger partial charge in [0.2, 0.25) is 0 Å². The Balaban J connectivity index is 0. The van der Waals surface area contributed by atoms with E-state index in [-0.39, 0.29) is 36.0 Å². The van der Waals surface area contributed by atoms with Crippen molar-refractivity contribution < 1.29 is 47.6 Å². The minimum atomic E-state index is -4.31. The second-order valence-corrected chi connectivity index (χ2v) is 9.12. The van der Waals surface area contributed by atoms with Crippen LogP contribution >= 0.6 is 0 Å². The summed E-state index contributed by atoms with van der Waals surface area (Å²) < 4.78 is 34.4. The van der Waals surface area contributed by atoms with Crippen molar-refractivity contribution in [1.82, 2.24) is 0 Å². The van der Waals surface area contributed by atoms with Crippen LogP contribution in [0.1, 0.15) is 117 Å². The predicted octanol–water partition coefficient (Wildman–Crippen LogP) is 2.55. The summed E-state index contributed by atoms with van der Waals surface area (Å²) in [5, 5.41) is 9.14. The van der Waals surface area contributed by atoms with Crippen molar-refractivity contribution in [3.05, 3.63) is 0 Å². The molecule has 6 heteroatoms. The minimum absolute atomic E-state index is 0. The normalized spacial score (nSPS) is 14.0. The molecule has 0 aliphatic rings. The van der Waals surface area contributed by atoms with Crippen molar-refractivity contribution in [1.29, 1.82) is 0 Å². The average Bonchev–Trinajstić information content (AvgIpc) is 2.55. The monoisotopic (exact) mass is 400 g/mol. The first-order chi connectivity index (χ1) is 11.9. The predicted molar refractivity (Wildman–Crippen MR) is 105 cm³/mol. The van der Waals surface area contributed by atoms with E-state index in [9.17, 15) is 18.1 Å². The molecule has 0 saturated heterocycles. The van der Waals surface area contributed by atoms with Crippen LogP contribution in [0.2, 0.25) is 0 Å². The second-order valence-electron chi connectivity index (χ2n) is 7.47. The molecule has 2 atom stereocenters. The SMILES string of the molecule is CCCCCCCCCCC(CC(O)CCCCCCC)S(=O)(=O)[O-].[Na+]. The topological polar surface area (TPSA) is 77.4 Å². The van der Waals surface area contributed by atoms with Gasteiger partial charge in [-0.3, -0.25) is 0 Å². The summed E-state index contributed by atoms with van der Waals surface area (Å²) in [5.74, 6) is 0. The zero-order valence-corrected chi connectivity index (χ0v) is 20.4. The van der Waals surface area contributed by atoms with E-state index in [0.29, 0.717) is 12.8 Å². The third-order valence-electron chi connectivity index (χ3n) is 4.96. The van der Waals surface area contributed by atoms with Crippen LogP contribution in [-0.4, -0.2) is 29.4 Å². The number of unbranched alkanes of at least 4 members (excludes halogenated alkanes) is 11. The van der Waals surface area contributed by atoms with Gasteiger partial charge in [-0.2, -0.15) is 0 Å². The number of aliphatic hydroxyl groups is 1. The van der Waals surface area contributed by atoms with Gasteiger partial charge in [0.25, 0.3) is 0 Å². The van der Waals surface area contributed by atoms with Crippen molar-refractivity contribution in [3.8, 4) is 0 Å². The molecule has 0 rings (SSSR count). The number of hydrogen-bond donors (Lipinski definition) is 1. The number of aliphatic hydroxyl groups excluding tert-OH is 1. The van der Waals surface area contributed by atoms with Gasteiger partial charge in [-0.25, -0.2) is 8.42 Å². The Morgan fingerprint density at radius 2 is 1.12 bits per heavy atom. The van der Waals surface area contributed by atoms with Crippen LogP contribution in [0.15, 0.2) is 0 Å². The van der Waals surface area contributed by atoms with E-state index in [1.54, 1.807) is 0 Å². The van der Waals surface area contributed by atoms with Crippen molar-refractivity contribution in [3.63, 3.8) is 0 Å². The summed E-state index contributed by atoms with van der Waals surface area (Å²) in [4.78, 5) is 0. The minimum Gasteiger partial charge on any atom is -0.748 e. The molecule has 0 aromatic rings. The molecule has 0 bridgehead atoms. The van der Waals surface area contributed by atoms with E-state index in [0.717, 1.165) is 38.5 Å². The molecule has 2 unspecified atom stereocenters. The van der Waals surface area contributed by atoms with E-state index < -0.39 is 21.5 Å². The fourth-order valence-corrected chi connectivity index (χ4v) is 4.20. The van der Waals surface area contributed by atoms with Crippen molar-refractivity contribution in [2.24, 2.45) is 0 Å². The average molecular weight is 401 g/mol. The largest absolute Gasteiger partial charge is 1.00 e. The van der Waals surface area contributed by atoms with Gasteiger partial charge >= 0.3 is 29.6 Å². The molecular formula is C20H41NaO4S. The van der Waals surface area contributed by atoms with Gasteiger partial charge in [-0.15, -0.1) is 0 Å². The summed E-state index contributed by atoms with van der Waals surface area (Å²) in [5.41, 5.74) is 0. The zero-order chi connectivity index (χ0) is 19.0. The summed E-state index contributed by atoms with van der Waals surface area (Å²) in [6.45, 7) is 4.35. The summed E-state index contributed by atoms with van der Waals surface area (Å²) in [6.07, 6.45) is 15.0. The fourth-order valence-electron chi connectivity index (χ4n) is 3.29. The van der Waals surface area contributed by atoms with Crippen molar-refractivity contribution in [2.75, 3.05) is 0 Å². The summed E-state index contributed by atoms with van der Waals surface area (Å²) in [7, 11) is -4.31.